The number of carbonyl (C=O) groups is 1. The molecule has 0 fully saturated rings. The number of aromatic hydroxyl groups is 1. The number of carbonyl (C=O) groups excluding carboxylic acids is 1. The van der Waals surface area contributed by atoms with Crippen LogP contribution >= 0.6 is 89.6 Å². The van der Waals surface area contributed by atoms with Crippen LogP contribution in [0.1, 0.15) is 101 Å². The summed E-state index contributed by atoms with van der Waals surface area (Å²) < 4.78 is 26.8. The van der Waals surface area contributed by atoms with E-state index < -0.39 is 8.15 Å². The molecule has 15 nitrogen and oxygen atoms in total. The summed E-state index contributed by atoms with van der Waals surface area (Å²) in [6, 6.07) is 29.1. The number of hydrogen-bond donors (Lipinski definition) is 11. The van der Waals surface area contributed by atoms with Crippen LogP contribution in [0.15, 0.2) is 132 Å². The molecule has 0 saturated carbocycles. The Morgan fingerprint density at radius 2 is 0.931 bits per heavy atom. The van der Waals surface area contributed by atoms with E-state index in [2.05, 4.69) is 196 Å². The number of thiol groups is 4. The number of nitrogens with zero attached hydrogens (tertiary/aromatic N) is 4. The van der Waals surface area contributed by atoms with E-state index in [-0.39, 0.29) is 27.1 Å². The van der Waals surface area contributed by atoms with Gasteiger partial charge in [0.05, 0.1) is 13.2 Å². The Morgan fingerprint density at radius 1 is 0.747 bits per heavy atom. The molecule has 0 amide bonds. The van der Waals surface area contributed by atoms with Gasteiger partial charge in [0.2, 0.25) is 0 Å². The van der Waals surface area contributed by atoms with Gasteiger partial charge in [-0.3, -0.25) is 19.3 Å². The number of benzene rings is 3. The molecular weight excluding hydrogens is 1450 g/mol. The van der Waals surface area contributed by atoms with Crippen molar-refractivity contribution in [3.63, 3.8) is 0 Å². The normalized spacial score (nSPS) is 9.39. The topological polar surface area (TPSA) is 191 Å². The van der Waals surface area contributed by atoms with Gasteiger partial charge in [0.15, 0.2) is 0 Å². The monoisotopic (exact) mass is 1590 g/mol. The van der Waals surface area contributed by atoms with E-state index in [1.165, 1.54) is 30.6 Å². The van der Waals surface area contributed by atoms with E-state index in [9.17, 15) is 4.79 Å². The zero-order valence-corrected chi connectivity index (χ0v) is 72.5. The van der Waals surface area contributed by atoms with Gasteiger partial charge >= 0.3 is 86.8 Å². The van der Waals surface area contributed by atoms with Crippen LogP contribution in [0.5, 0.6) is 5.75 Å². The van der Waals surface area contributed by atoms with Crippen molar-refractivity contribution >= 4 is 143 Å². The SMILES string of the molecule is CC.CC.CC.CC(=O)C(C)N(C)C.CC=CC(C)C=CC.CC=CC(C)c1ccccc1.CN(C)O.CN(C)S.CN(C)[Se].CNC.COO.COS.CO[Se].CP(C)O.CPC.CSO.CSS.C[Se]O.Oc1ccccc1.Sc1ccccc1. The molecule has 0 aliphatic rings. The minimum absolute atomic E-state index is 0.0648. The summed E-state index contributed by atoms with van der Waals surface area (Å²) in [5, 5.41) is 27.3. The zero-order valence-electron chi connectivity index (χ0n) is 60.2. The molecule has 3 aromatic carbocycles. The van der Waals surface area contributed by atoms with E-state index in [4.69, 9.17) is 29.2 Å². The van der Waals surface area contributed by atoms with Gasteiger partial charge in [-0.2, -0.15) is 5.06 Å². The molecule has 7 N–H and O–H groups in total. The predicted molar refractivity (Wildman–Crippen MR) is 423 cm³/mol. The maximum absolute atomic E-state index is 10.5. The number of phenolic OH excluding ortho intramolecular Hbond substituents is 1. The fourth-order valence-electron chi connectivity index (χ4n) is 3.05. The van der Waals surface area contributed by atoms with Crippen molar-refractivity contribution < 1.29 is 46.9 Å². The average Bonchev–Trinajstić information content (AvgIpc) is 3.43. The van der Waals surface area contributed by atoms with Gasteiger partial charge in [-0.05, 0) is 176 Å². The van der Waals surface area contributed by atoms with E-state index >= 15 is 0 Å². The van der Waals surface area contributed by atoms with Crippen molar-refractivity contribution in [1.29, 1.82) is 0 Å². The molecule has 0 bridgehead atoms. The minimum Gasteiger partial charge on any atom is -0.508 e. The summed E-state index contributed by atoms with van der Waals surface area (Å²) in [5.41, 5.74) is 1.38. The van der Waals surface area contributed by atoms with Gasteiger partial charge in [0.25, 0.3) is 0 Å². The Labute approximate surface area is 596 Å². The van der Waals surface area contributed by atoms with Crippen LogP contribution in [0.3, 0.4) is 0 Å². The quantitative estimate of drug-likeness (QED) is 0.0163. The maximum atomic E-state index is 10.5. The number of phenols is 1. The third-order valence-corrected chi connectivity index (χ3v) is 5.97. The molecule has 2 radical (unpaired) electrons. The van der Waals surface area contributed by atoms with Gasteiger partial charge < -0.3 is 29.3 Å². The number of Topliss-reactive ketones (excluding diaryl/α,β-unsaturated/α-hetero) is 1. The van der Waals surface area contributed by atoms with E-state index in [1.807, 2.05) is 176 Å². The van der Waals surface area contributed by atoms with Gasteiger partial charge in [-0.1, -0.05) is 171 Å². The molecule has 2 atom stereocenters. The fraction of sp³-hybridized carbons (Fsp3) is 0.590. The molecule has 87 heavy (non-hydrogen) atoms. The number of nitrogens with one attached hydrogen (secondary N) is 1. The summed E-state index contributed by atoms with van der Waals surface area (Å²) in [5.74, 6) is 3.43. The van der Waals surface area contributed by atoms with Crippen LogP contribution in [0.2, 0.25) is 5.82 Å². The van der Waals surface area contributed by atoms with Crippen molar-refractivity contribution in [2.45, 2.75) is 113 Å². The Kier molecular flexibility index (Phi) is 223. The van der Waals surface area contributed by atoms with Gasteiger partial charge in [0.1, 0.15) is 11.5 Å². The standard InChI is InChI=1S/C11H14.C8H14.C6H13NO.C6H6O.C6H6S.C2H7NO.C2H7NS.C2H6NSe.C2H7N.C2H7OP.C2H7P.3C2H6.CH4O2.2CH4OS.CH4OSe.CH3OSe.CH4S2/c1-3-7-10(2)11-8-5-4-6-9-11;1-4-6-8(3)7-5-2;1-5(6(2)8)7(3)4;2*7-6-4-2-1-3-5-6;3*1-3(2)4;1-3-2;1-4(2)3;1-3-2;3*1-2;2*1-3-2;1-2-3;1-3-2;1-2-3;1-3-2/h3-10H,1-2H3;4-8H,1-3H3;5H,1-4H3;2*1-5,7H;2*4H,1-2H3;1-2H3;3H,1-2H3;3H,1-2H3;3H,1-2H3;3*1-2H3;2*2H,1H3;3H,1H3;2H,1H3;1H3;2H,1H3. The first-order chi connectivity index (χ1) is 40.7. The van der Waals surface area contributed by atoms with Gasteiger partial charge in [-0.15, -0.1) is 43.7 Å². The summed E-state index contributed by atoms with van der Waals surface area (Å²) >= 11 is 20.5. The van der Waals surface area contributed by atoms with Crippen molar-refractivity contribution in [3.05, 3.63) is 133 Å². The second kappa shape index (κ2) is 147. The minimum atomic E-state index is -0.620. The molecule has 0 spiro atoms. The van der Waals surface area contributed by atoms with Crippen LogP contribution < -0.4 is 5.32 Å². The summed E-state index contributed by atoms with van der Waals surface area (Å²) in [6.07, 6.45) is 16.3. The van der Waals surface area contributed by atoms with Crippen LogP contribution in [0.4, 0.5) is 0 Å². The van der Waals surface area contributed by atoms with Crippen LogP contribution in [-0.4, -0.2) is 238 Å². The van der Waals surface area contributed by atoms with Gasteiger partial charge in [0, 0.05) is 40.5 Å². The number of hydrogen-bond acceptors (Lipinski definition) is 21. The van der Waals surface area contributed by atoms with Crippen molar-refractivity contribution in [2.75, 3.05) is 131 Å². The first-order valence-electron chi connectivity index (χ1n) is 27.0. The molecule has 0 aliphatic heterocycles. The second-order valence-electron chi connectivity index (χ2n) is 15.0. The van der Waals surface area contributed by atoms with Crippen molar-refractivity contribution in [1.82, 2.24) is 23.5 Å². The molecule has 0 aromatic heterocycles. The second-order valence-corrected chi connectivity index (χ2v) is 24.2. The summed E-state index contributed by atoms with van der Waals surface area (Å²) in [4.78, 5) is 24.8. The molecule has 0 aliphatic carbocycles. The first-order valence-corrected chi connectivity index (χ1v) is 39.8. The Bertz CT molecular complexity index is 1390. The molecule has 3 aromatic rings. The van der Waals surface area contributed by atoms with E-state index in [0.29, 0.717) is 17.6 Å². The van der Waals surface area contributed by atoms with Crippen LogP contribution in [0.25, 0.3) is 0 Å². The van der Waals surface area contributed by atoms with E-state index in [0.717, 1.165) is 30.6 Å². The molecule has 2 unspecified atom stereocenters. The zero-order chi connectivity index (χ0) is 73.4. The average molecular weight is 1590 g/mol. The maximum Gasteiger partial charge on any atom is 0.115 e. The number of hydroxylamine groups is 2. The third-order valence-electron chi connectivity index (χ3n) is 5.67. The molecule has 0 heterocycles. The first kappa shape index (κ1) is 132. The smallest absolute Gasteiger partial charge is 0.115 e. The predicted octanol–water partition coefficient (Wildman–Crippen LogP) is 16.4. The molecule has 0 saturated heterocycles. The molecule has 528 valence electrons. The third kappa shape index (κ3) is 299. The largest absolute Gasteiger partial charge is 0.508 e. The Hall–Kier alpha value is 0.348. The van der Waals surface area contributed by atoms with Crippen molar-refractivity contribution in [3.8, 4) is 5.75 Å². The number of ketones is 1. The molecule has 3 rings (SSSR count). The number of allylic oxidation sites excluding steroid dienone is 6. The molecule has 26 heteroatoms. The molecular formula is C61H135N5O10P2S6Se3. The summed E-state index contributed by atoms with van der Waals surface area (Å²) in [7, 11) is 24.4. The van der Waals surface area contributed by atoms with E-state index in [1.54, 1.807) is 82.1 Å². The number of rotatable bonds is 6. The number of para-hydroxylation sites is 1. The van der Waals surface area contributed by atoms with Gasteiger partial charge in [-0.25, -0.2) is 4.89 Å². The van der Waals surface area contributed by atoms with Crippen molar-refractivity contribution in [2.24, 2.45) is 5.92 Å². The Morgan fingerprint density at radius 3 is 1.05 bits per heavy atom. The Balaban J connectivity index is -0.0000000405. The number of likely N-dealkylation sites (N-methyl/N-ethyl adjacent to an activating group) is 1. The summed E-state index contributed by atoms with van der Waals surface area (Å²) in [6.45, 7) is 33.9. The fourth-order valence-corrected chi connectivity index (χ4v) is 3.22. The van der Waals surface area contributed by atoms with Crippen LogP contribution in [0, 0.1) is 5.92 Å². The van der Waals surface area contributed by atoms with Crippen LogP contribution in [-0.2, 0) is 17.7 Å².